The molecular weight excluding hydrogens is 309 g/mol. The number of hydrogen-bond acceptors (Lipinski definition) is 3. The number of hydrogen-bond donors (Lipinski definition) is 1. The van der Waals surface area contributed by atoms with Crippen molar-refractivity contribution >= 4 is 17.5 Å². The van der Waals surface area contributed by atoms with Crippen LogP contribution in [0, 0.1) is 11.7 Å². The zero-order chi connectivity index (χ0) is 16.9. The molecule has 0 aliphatic carbocycles. The first-order valence-electron chi connectivity index (χ1n) is 7.86. The molecule has 0 bridgehead atoms. The Hall–Kier alpha value is -2.76. The second kappa shape index (κ2) is 7.21. The van der Waals surface area contributed by atoms with E-state index in [1.54, 1.807) is 41.6 Å². The molecule has 1 atom stereocenters. The largest absolute Gasteiger partial charge is 0.355 e. The van der Waals surface area contributed by atoms with Gasteiger partial charge < -0.3 is 10.2 Å². The Morgan fingerprint density at radius 2 is 2.08 bits per heavy atom. The van der Waals surface area contributed by atoms with Crippen molar-refractivity contribution in [2.45, 2.75) is 12.8 Å². The van der Waals surface area contributed by atoms with Crippen LogP contribution in [-0.4, -0.2) is 29.9 Å². The lowest BCUT2D eigenvalue weighted by Crippen LogP contribution is -2.34. The van der Waals surface area contributed by atoms with Crippen molar-refractivity contribution in [2.24, 2.45) is 5.92 Å². The molecule has 3 rings (SSSR count). The Bertz CT molecular complexity index is 719. The van der Waals surface area contributed by atoms with Crippen LogP contribution in [0.2, 0.25) is 0 Å². The normalized spacial score (nSPS) is 17.1. The van der Waals surface area contributed by atoms with Gasteiger partial charge in [-0.05, 0) is 36.2 Å². The number of rotatable bonds is 5. The average molecular weight is 327 g/mol. The average Bonchev–Trinajstić information content (AvgIpc) is 2.99. The number of benzene rings is 1. The van der Waals surface area contributed by atoms with Gasteiger partial charge in [0.25, 0.3) is 0 Å². The van der Waals surface area contributed by atoms with E-state index < -0.39 is 0 Å². The summed E-state index contributed by atoms with van der Waals surface area (Å²) in [4.78, 5) is 29.9. The van der Waals surface area contributed by atoms with Crippen molar-refractivity contribution in [1.82, 2.24) is 10.3 Å². The topological polar surface area (TPSA) is 62.3 Å². The fourth-order valence-electron chi connectivity index (χ4n) is 2.77. The number of halogens is 1. The van der Waals surface area contributed by atoms with Gasteiger partial charge in [-0.1, -0.05) is 12.1 Å². The summed E-state index contributed by atoms with van der Waals surface area (Å²) in [5.74, 6) is -0.827. The fourth-order valence-corrected chi connectivity index (χ4v) is 2.77. The van der Waals surface area contributed by atoms with Gasteiger partial charge in [-0.25, -0.2) is 4.39 Å². The van der Waals surface area contributed by atoms with Gasteiger partial charge >= 0.3 is 0 Å². The molecule has 1 aromatic carbocycles. The van der Waals surface area contributed by atoms with E-state index in [4.69, 9.17) is 0 Å². The lowest BCUT2D eigenvalue weighted by molar-refractivity contribution is -0.126. The molecule has 5 nitrogen and oxygen atoms in total. The Morgan fingerprint density at radius 3 is 2.79 bits per heavy atom. The van der Waals surface area contributed by atoms with E-state index in [1.807, 2.05) is 0 Å². The number of aromatic nitrogens is 1. The molecule has 1 N–H and O–H groups in total. The van der Waals surface area contributed by atoms with Gasteiger partial charge in [0.2, 0.25) is 11.8 Å². The van der Waals surface area contributed by atoms with Gasteiger partial charge in [-0.15, -0.1) is 0 Å². The van der Waals surface area contributed by atoms with Crippen molar-refractivity contribution < 1.29 is 14.0 Å². The molecule has 24 heavy (non-hydrogen) atoms. The Kier molecular flexibility index (Phi) is 4.84. The van der Waals surface area contributed by atoms with Crippen LogP contribution >= 0.6 is 0 Å². The number of nitrogens with zero attached hydrogens (tertiary/aromatic N) is 2. The molecule has 1 fully saturated rings. The van der Waals surface area contributed by atoms with E-state index in [0.29, 0.717) is 25.2 Å². The summed E-state index contributed by atoms with van der Waals surface area (Å²) >= 11 is 0. The molecule has 1 saturated heterocycles. The quantitative estimate of drug-likeness (QED) is 0.913. The summed E-state index contributed by atoms with van der Waals surface area (Å²) in [6.07, 6.45) is 4.09. The molecule has 1 aliphatic rings. The summed E-state index contributed by atoms with van der Waals surface area (Å²) in [6.45, 7) is 0.828. The maximum Gasteiger partial charge on any atom is 0.227 e. The van der Waals surface area contributed by atoms with Crippen molar-refractivity contribution in [1.29, 1.82) is 0 Å². The zero-order valence-electron chi connectivity index (χ0n) is 13.1. The molecule has 1 unspecified atom stereocenters. The molecule has 2 aromatic rings. The van der Waals surface area contributed by atoms with E-state index in [9.17, 15) is 14.0 Å². The second-order valence-corrected chi connectivity index (χ2v) is 5.78. The van der Waals surface area contributed by atoms with Gasteiger partial charge in [0, 0.05) is 25.7 Å². The number of carbonyl (C=O) groups excluding carboxylic acids is 2. The highest BCUT2D eigenvalue weighted by atomic mass is 19.1. The summed E-state index contributed by atoms with van der Waals surface area (Å²) in [7, 11) is 0. The minimum absolute atomic E-state index is 0.0679. The third kappa shape index (κ3) is 3.76. The van der Waals surface area contributed by atoms with Crippen molar-refractivity contribution in [3.05, 3.63) is 60.2 Å². The fraction of sp³-hybridized carbons (Fsp3) is 0.278. The standard InChI is InChI=1S/C18H18FN3O2/c19-15-5-3-13(4-6-15)7-9-21-18(24)14-10-17(23)22(12-14)16-2-1-8-20-11-16/h1-6,8,11,14H,7,9-10,12H2,(H,21,24). The molecule has 1 aliphatic heterocycles. The lowest BCUT2D eigenvalue weighted by atomic mass is 10.1. The number of anilines is 1. The van der Waals surface area contributed by atoms with Crippen LogP contribution in [0.5, 0.6) is 0 Å². The van der Waals surface area contributed by atoms with E-state index in [1.165, 1.54) is 12.1 Å². The van der Waals surface area contributed by atoms with E-state index in [-0.39, 0.29) is 30.0 Å². The zero-order valence-corrected chi connectivity index (χ0v) is 13.1. The molecule has 2 amide bonds. The highest BCUT2D eigenvalue weighted by Gasteiger charge is 2.34. The number of nitrogens with one attached hydrogen (secondary N) is 1. The van der Waals surface area contributed by atoms with Crippen molar-refractivity contribution in [2.75, 3.05) is 18.0 Å². The minimum atomic E-state index is -0.356. The highest BCUT2D eigenvalue weighted by Crippen LogP contribution is 2.24. The lowest BCUT2D eigenvalue weighted by Gasteiger charge is -2.16. The first kappa shape index (κ1) is 16.1. The summed E-state index contributed by atoms with van der Waals surface area (Å²) in [6, 6.07) is 9.77. The molecule has 0 saturated carbocycles. The Balaban J connectivity index is 1.51. The van der Waals surface area contributed by atoms with Crippen LogP contribution in [0.25, 0.3) is 0 Å². The van der Waals surface area contributed by atoms with Crippen molar-refractivity contribution in [3.63, 3.8) is 0 Å². The number of pyridine rings is 1. The van der Waals surface area contributed by atoms with Crippen LogP contribution in [0.1, 0.15) is 12.0 Å². The molecule has 0 radical (unpaired) electrons. The monoisotopic (exact) mass is 327 g/mol. The van der Waals surface area contributed by atoms with Gasteiger partial charge in [0.1, 0.15) is 5.82 Å². The van der Waals surface area contributed by atoms with Crippen molar-refractivity contribution in [3.8, 4) is 0 Å². The summed E-state index contributed by atoms with van der Waals surface area (Å²) in [5, 5.41) is 2.85. The molecule has 6 heteroatoms. The molecule has 1 aromatic heterocycles. The third-order valence-electron chi connectivity index (χ3n) is 4.08. The van der Waals surface area contributed by atoms with E-state index in [0.717, 1.165) is 5.56 Å². The van der Waals surface area contributed by atoms with Gasteiger partial charge in [-0.2, -0.15) is 0 Å². The minimum Gasteiger partial charge on any atom is -0.355 e. The van der Waals surface area contributed by atoms with Crippen LogP contribution in [-0.2, 0) is 16.0 Å². The van der Waals surface area contributed by atoms with E-state index in [2.05, 4.69) is 10.3 Å². The second-order valence-electron chi connectivity index (χ2n) is 5.78. The SMILES string of the molecule is O=C(NCCc1ccc(F)cc1)C1CC(=O)N(c2cccnc2)C1. The third-order valence-corrected chi connectivity index (χ3v) is 4.08. The Morgan fingerprint density at radius 1 is 1.29 bits per heavy atom. The predicted molar refractivity (Wildman–Crippen MR) is 87.8 cm³/mol. The molecular formula is C18H18FN3O2. The van der Waals surface area contributed by atoms with Crippen LogP contribution in [0.15, 0.2) is 48.8 Å². The number of amides is 2. The highest BCUT2D eigenvalue weighted by molar-refractivity contribution is 6.00. The molecule has 124 valence electrons. The van der Waals surface area contributed by atoms with Gasteiger partial charge in [-0.3, -0.25) is 14.6 Å². The first-order valence-corrected chi connectivity index (χ1v) is 7.86. The van der Waals surface area contributed by atoms with Crippen LogP contribution in [0.3, 0.4) is 0 Å². The van der Waals surface area contributed by atoms with Gasteiger partial charge in [0.05, 0.1) is 17.8 Å². The summed E-state index contributed by atoms with van der Waals surface area (Å²) < 4.78 is 12.8. The maximum absolute atomic E-state index is 12.8. The van der Waals surface area contributed by atoms with Crippen LogP contribution < -0.4 is 10.2 Å². The smallest absolute Gasteiger partial charge is 0.227 e. The molecule has 0 spiro atoms. The predicted octanol–water partition coefficient (Wildman–Crippen LogP) is 1.93. The Labute approximate surface area is 139 Å². The first-order chi connectivity index (χ1) is 11.6. The number of carbonyl (C=O) groups is 2. The maximum atomic E-state index is 12.8. The van der Waals surface area contributed by atoms with E-state index >= 15 is 0 Å². The van der Waals surface area contributed by atoms with Gasteiger partial charge in [0.15, 0.2) is 0 Å². The molecule has 2 heterocycles. The van der Waals surface area contributed by atoms with Crippen LogP contribution in [0.4, 0.5) is 10.1 Å². The summed E-state index contributed by atoms with van der Waals surface area (Å²) in [5.41, 5.74) is 1.67.